The fourth-order valence-electron chi connectivity index (χ4n) is 1.93. The molecule has 2 N–H and O–H groups in total. The number of ether oxygens (including phenoxy) is 1. The number of anilines is 1. The van der Waals surface area contributed by atoms with E-state index in [1.807, 2.05) is 0 Å². The summed E-state index contributed by atoms with van der Waals surface area (Å²) in [4.78, 5) is 23.4. The Morgan fingerprint density at radius 2 is 1.83 bits per heavy atom. The second-order valence-electron chi connectivity index (χ2n) is 5.45. The molecule has 0 unspecified atom stereocenters. The van der Waals surface area contributed by atoms with Gasteiger partial charge >= 0.3 is 12.6 Å². The van der Waals surface area contributed by atoms with Gasteiger partial charge in [0.05, 0.1) is 5.41 Å². The molecule has 0 saturated heterocycles. The van der Waals surface area contributed by atoms with E-state index in [1.54, 1.807) is 38.1 Å². The number of carboxylic acid groups (broad SMARTS) is 1. The molecule has 5 nitrogen and oxygen atoms in total. The van der Waals surface area contributed by atoms with Gasteiger partial charge in [-0.05, 0) is 43.0 Å². The Kier molecular flexibility index (Phi) is 5.18. The van der Waals surface area contributed by atoms with Gasteiger partial charge in [0, 0.05) is 5.69 Å². The maximum Gasteiger partial charge on any atom is 0.387 e. The molecule has 1 heterocycles. The summed E-state index contributed by atoms with van der Waals surface area (Å²) >= 11 is 0.982. The van der Waals surface area contributed by atoms with E-state index < -0.39 is 23.9 Å². The van der Waals surface area contributed by atoms with Gasteiger partial charge in [-0.1, -0.05) is 12.1 Å². The summed E-state index contributed by atoms with van der Waals surface area (Å²) in [5, 5.41) is 13.2. The van der Waals surface area contributed by atoms with Crippen molar-refractivity contribution in [1.29, 1.82) is 0 Å². The smallest absolute Gasteiger partial charge is 0.387 e. The first-order valence-corrected chi connectivity index (χ1v) is 7.77. The third kappa shape index (κ3) is 3.88. The van der Waals surface area contributed by atoms with Crippen LogP contribution in [-0.2, 0) is 10.2 Å². The van der Waals surface area contributed by atoms with Crippen LogP contribution in [0.2, 0.25) is 0 Å². The summed E-state index contributed by atoms with van der Waals surface area (Å²) in [5.74, 6) is -1.73. The maximum atomic E-state index is 12.3. The molecule has 128 valence electrons. The molecular weight excluding hydrogens is 340 g/mol. The zero-order valence-corrected chi connectivity index (χ0v) is 13.7. The number of thiophene rings is 1. The van der Waals surface area contributed by atoms with Crippen molar-refractivity contribution >= 4 is 28.9 Å². The Bertz CT molecular complexity index is 741. The number of nitrogens with one attached hydrogen (secondary N) is 1. The largest absolute Gasteiger partial charge is 0.481 e. The van der Waals surface area contributed by atoms with E-state index in [0.717, 1.165) is 11.3 Å². The summed E-state index contributed by atoms with van der Waals surface area (Å²) < 4.78 is 28.9. The van der Waals surface area contributed by atoms with E-state index in [1.165, 1.54) is 11.4 Å². The Morgan fingerprint density at radius 1 is 1.21 bits per heavy atom. The molecule has 2 aromatic rings. The lowest BCUT2D eigenvalue weighted by Crippen LogP contribution is -2.28. The summed E-state index contributed by atoms with van der Waals surface area (Å²) in [7, 11) is 0. The molecule has 0 bridgehead atoms. The molecule has 1 aromatic heterocycles. The van der Waals surface area contributed by atoms with Crippen LogP contribution in [0.5, 0.6) is 5.75 Å². The fraction of sp³-hybridized carbons (Fsp3) is 0.250. The quantitative estimate of drug-likeness (QED) is 0.822. The monoisotopic (exact) mass is 355 g/mol. The molecule has 0 aliphatic heterocycles. The van der Waals surface area contributed by atoms with Crippen LogP contribution in [0.1, 0.15) is 29.1 Å². The SMILES string of the molecule is CC(C)(C(=O)O)c1ccc(NC(=O)c2sccc2OC(F)F)cc1. The number of carboxylic acids is 1. The van der Waals surface area contributed by atoms with Gasteiger partial charge in [-0.15, -0.1) is 11.3 Å². The lowest BCUT2D eigenvalue weighted by atomic mass is 9.85. The van der Waals surface area contributed by atoms with E-state index in [0.29, 0.717) is 11.3 Å². The first-order chi connectivity index (χ1) is 11.2. The molecule has 24 heavy (non-hydrogen) atoms. The highest BCUT2D eigenvalue weighted by atomic mass is 32.1. The molecule has 0 atom stereocenters. The molecule has 0 spiro atoms. The maximum absolute atomic E-state index is 12.3. The first kappa shape index (κ1) is 17.9. The lowest BCUT2D eigenvalue weighted by molar-refractivity contribution is -0.142. The van der Waals surface area contributed by atoms with Crippen LogP contribution < -0.4 is 10.1 Å². The van der Waals surface area contributed by atoms with Crippen molar-refractivity contribution in [3.8, 4) is 5.75 Å². The molecule has 8 heteroatoms. The minimum Gasteiger partial charge on any atom is -0.481 e. The second kappa shape index (κ2) is 6.96. The van der Waals surface area contributed by atoms with Crippen LogP contribution in [0, 0.1) is 0 Å². The number of aliphatic carboxylic acids is 1. The Labute approximate surface area is 140 Å². The number of halogens is 2. The van der Waals surface area contributed by atoms with Gasteiger partial charge in [0.2, 0.25) is 0 Å². The number of alkyl halides is 2. The topological polar surface area (TPSA) is 75.6 Å². The standard InChI is InChI=1S/C16H15F2NO4S/c1-16(2,14(21)22)9-3-5-10(6-4-9)19-13(20)12-11(7-8-24-12)23-15(17)18/h3-8,15H,1-2H3,(H,19,20)(H,21,22). The third-order valence-electron chi connectivity index (χ3n) is 3.45. The fourth-order valence-corrected chi connectivity index (χ4v) is 2.65. The predicted octanol–water partition coefficient (Wildman–Crippen LogP) is 3.96. The van der Waals surface area contributed by atoms with Crippen molar-refractivity contribution in [2.45, 2.75) is 25.9 Å². The van der Waals surface area contributed by atoms with Crippen molar-refractivity contribution < 1.29 is 28.2 Å². The Morgan fingerprint density at radius 3 is 2.38 bits per heavy atom. The molecule has 0 saturated carbocycles. The summed E-state index contributed by atoms with van der Waals surface area (Å²) in [5.41, 5.74) is -0.0682. The number of rotatable bonds is 6. The van der Waals surface area contributed by atoms with Gasteiger partial charge in [-0.2, -0.15) is 8.78 Å². The van der Waals surface area contributed by atoms with E-state index in [2.05, 4.69) is 10.1 Å². The van der Waals surface area contributed by atoms with Crippen LogP contribution in [-0.4, -0.2) is 23.6 Å². The molecule has 0 aliphatic carbocycles. The van der Waals surface area contributed by atoms with Crippen LogP contribution >= 0.6 is 11.3 Å². The van der Waals surface area contributed by atoms with E-state index in [4.69, 9.17) is 0 Å². The number of carbonyl (C=O) groups is 2. The number of benzene rings is 1. The zero-order chi connectivity index (χ0) is 17.9. The molecular formula is C16H15F2NO4S. The molecule has 2 rings (SSSR count). The van der Waals surface area contributed by atoms with Gasteiger partial charge in [-0.3, -0.25) is 9.59 Å². The summed E-state index contributed by atoms with van der Waals surface area (Å²) in [6.45, 7) is 0.133. The normalized spacial score (nSPS) is 11.4. The first-order valence-electron chi connectivity index (χ1n) is 6.89. The lowest BCUT2D eigenvalue weighted by Gasteiger charge is -2.19. The third-order valence-corrected chi connectivity index (χ3v) is 4.34. The van der Waals surface area contributed by atoms with Crippen molar-refractivity contribution in [1.82, 2.24) is 0 Å². The van der Waals surface area contributed by atoms with Crippen LogP contribution in [0.15, 0.2) is 35.7 Å². The van der Waals surface area contributed by atoms with Crippen LogP contribution in [0.25, 0.3) is 0 Å². The molecule has 1 aromatic carbocycles. The predicted molar refractivity (Wildman–Crippen MR) is 86.0 cm³/mol. The average molecular weight is 355 g/mol. The number of carbonyl (C=O) groups excluding carboxylic acids is 1. The minimum atomic E-state index is -3.01. The van der Waals surface area contributed by atoms with E-state index in [9.17, 15) is 23.5 Å². The highest BCUT2D eigenvalue weighted by Crippen LogP contribution is 2.28. The van der Waals surface area contributed by atoms with E-state index in [-0.39, 0.29) is 10.6 Å². The molecule has 1 amide bonds. The summed E-state index contributed by atoms with van der Waals surface area (Å²) in [6.07, 6.45) is 0. The summed E-state index contributed by atoms with van der Waals surface area (Å²) in [6, 6.07) is 7.59. The zero-order valence-electron chi connectivity index (χ0n) is 12.9. The van der Waals surface area contributed by atoms with Crippen molar-refractivity contribution in [2.75, 3.05) is 5.32 Å². The Hall–Kier alpha value is -2.48. The number of amides is 1. The Balaban J connectivity index is 2.13. The average Bonchev–Trinajstić information content (AvgIpc) is 2.95. The highest BCUT2D eigenvalue weighted by molar-refractivity contribution is 7.12. The highest BCUT2D eigenvalue weighted by Gasteiger charge is 2.29. The number of hydrogen-bond donors (Lipinski definition) is 2. The van der Waals surface area contributed by atoms with Crippen LogP contribution in [0.3, 0.4) is 0 Å². The van der Waals surface area contributed by atoms with Crippen molar-refractivity contribution in [3.05, 3.63) is 46.2 Å². The molecule has 0 radical (unpaired) electrons. The van der Waals surface area contributed by atoms with Gasteiger partial charge in [-0.25, -0.2) is 0 Å². The van der Waals surface area contributed by atoms with Gasteiger partial charge in [0.1, 0.15) is 10.6 Å². The van der Waals surface area contributed by atoms with Crippen molar-refractivity contribution in [3.63, 3.8) is 0 Å². The van der Waals surface area contributed by atoms with E-state index >= 15 is 0 Å². The van der Waals surface area contributed by atoms with Gasteiger partial charge in [0.15, 0.2) is 0 Å². The van der Waals surface area contributed by atoms with Crippen LogP contribution in [0.4, 0.5) is 14.5 Å². The molecule has 0 fully saturated rings. The number of hydrogen-bond acceptors (Lipinski definition) is 4. The van der Waals surface area contributed by atoms with Gasteiger partial charge in [0.25, 0.3) is 5.91 Å². The van der Waals surface area contributed by atoms with Gasteiger partial charge < -0.3 is 15.2 Å². The second-order valence-corrected chi connectivity index (χ2v) is 6.37. The minimum absolute atomic E-state index is 0.0326. The van der Waals surface area contributed by atoms with Crippen molar-refractivity contribution in [2.24, 2.45) is 0 Å². The molecule has 0 aliphatic rings.